The van der Waals surface area contributed by atoms with E-state index in [1.165, 1.54) is 11.6 Å². The van der Waals surface area contributed by atoms with Crippen molar-refractivity contribution in [2.24, 2.45) is 0 Å². The number of ketones is 1. The molecular formula is C37H34F2O3Se. The van der Waals surface area contributed by atoms with Crippen LogP contribution in [-0.2, 0) is 17.4 Å². The van der Waals surface area contributed by atoms with Gasteiger partial charge in [0.05, 0.1) is 0 Å². The average molecular weight is 644 g/mol. The Morgan fingerprint density at radius 2 is 1.60 bits per heavy atom. The summed E-state index contributed by atoms with van der Waals surface area (Å²) in [6.45, 7) is 9.09. The molecule has 0 heterocycles. The van der Waals surface area contributed by atoms with Crippen molar-refractivity contribution < 1.29 is 23.4 Å². The van der Waals surface area contributed by atoms with Gasteiger partial charge in [0.25, 0.3) is 0 Å². The van der Waals surface area contributed by atoms with E-state index in [2.05, 4.69) is 44.5 Å². The number of carbonyl (C=O) groups is 1. The molecule has 0 aliphatic heterocycles. The molecule has 3 nitrogen and oxygen atoms in total. The van der Waals surface area contributed by atoms with Gasteiger partial charge in [-0.2, -0.15) is 0 Å². The Labute approximate surface area is 258 Å². The van der Waals surface area contributed by atoms with E-state index in [1.807, 2.05) is 24.3 Å². The number of hydrogen-bond acceptors (Lipinski definition) is 3. The van der Waals surface area contributed by atoms with E-state index in [1.54, 1.807) is 42.5 Å². The average Bonchev–Trinajstić information content (AvgIpc) is 3.00. The fourth-order valence-corrected chi connectivity index (χ4v) is 6.79. The van der Waals surface area contributed by atoms with Gasteiger partial charge in [0.2, 0.25) is 0 Å². The fraction of sp³-hybridized carbons (Fsp3) is 0.270. The van der Waals surface area contributed by atoms with Crippen LogP contribution >= 0.6 is 0 Å². The predicted octanol–water partition coefficient (Wildman–Crippen LogP) is 7.15. The number of benzene rings is 4. The second kappa shape index (κ2) is 12.5. The molecule has 6 heteroatoms. The molecule has 4 aromatic rings. The second-order valence-corrected chi connectivity index (χ2v) is 14.1. The number of halogens is 2. The molecule has 5 rings (SSSR count). The molecule has 0 spiro atoms. The molecule has 0 saturated heterocycles. The SMILES string of the molecule is CC1(C)CCC(C)(C)c2c(OCc3ccc(F)c(F)c3)cc([Se]C#Cc3ccc(C(O)C(=O)c4ccccc4)cc3)cc21. The van der Waals surface area contributed by atoms with Crippen molar-refractivity contribution in [3.63, 3.8) is 0 Å². The third-order valence-electron chi connectivity index (χ3n) is 8.13. The van der Waals surface area contributed by atoms with E-state index >= 15 is 0 Å². The first-order valence-corrected chi connectivity index (χ1v) is 16.0. The Morgan fingerprint density at radius 3 is 2.30 bits per heavy atom. The van der Waals surface area contributed by atoms with Crippen LogP contribution in [0.3, 0.4) is 0 Å². The van der Waals surface area contributed by atoms with E-state index in [0.717, 1.165) is 40.2 Å². The quantitative estimate of drug-likeness (QED) is 0.132. The Kier molecular flexibility index (Phi) is 8.90. The standard InChI is InChI=1S/C37H34F2O3Se/c1-36(2)17-18-37(3,4)33-29(36)21-28(22-32(33)42-23-25-12-15-30(38)31(39)20-25)43-19-16-24-10-13-27(14-11-24)35(41)34(40)26-8-6-5-7-9-26/h5-15,20-22,35,41H,17-18,23H2,1-4H3. The van der Waals surface area contributed by atoms with Crippen LogP contribution in [0.2, 0.25) is 0 Å². The Bertz CT molecular complexity index is 1700. The molecule has 0 saturated carbocycles. The van der Waals surface area contributed by atoms with E-state index in [-0.39, 0.29) is 38.2 Å². The van der Waals surface area contributed by atoms with Gasteiger partial charge in [-0.05, 0) is 0 Å². The van der Waals surface area contributed by atoms with Gasteiger partial charge in [0, 0.05) is 0 Å². The van der Waals surface area contributed by atoms with Crippen LogP contribution in [0.4, 0.5) is 8.78 Å². The molecule has 1 aliphatic rings. The summed E-state index contributed by atoms with van der Waals surface area (Å²) in [5.41, 5.74) is 4.61. The molecule has 1 N–H and O–H groups in total. The minimum absolute atomic E-state index is 0.0433. The van der Waals surface area contributed by atoms with Crippen LogP contribution < -0.4 is 9.20 Å². The first-order chi connectivity index (χ1) is 20.4. The Balaban J connectivity index is 1.37. The van der Waals surface area contributed by atoms with Gasteiger partial charge in [-0.1, -0.05) is 0 Å². The number of rotatable bonds is 7. The summed E-state index contributed by atoms with van der Waals surface area (Å²) < 4.78 is 34.7. The zero-order valence-electron chi connectivity index (χ0n) is 24.7. The van der Waals surface area contributed by atoms with Crippen molar-refractivity contribution in [1.82, 2.24) is 0 Å². The van der Waals surface area contributed by atoms with Crippen LogP contribution in [0.15, 0.2) is 84.9 Å². The van der Waals surface area contributed by atoms with Gasteiger partial charge in [0.15, 0.2) is 0 Å². The second-order valence-electron chi connectivity index (χ2n) is 12.2. The van der Waals surface area contributed by atoms with Gasteiger partial charge >= 0.3 is 259 Å². The molecular weight excluding hydrogens is 609 g/mol. The van der Waals surface area contributed by atoms with Crippen molar-refractivity contribution >= 4 is 25.2 Å². The van der Waals surface area contributed by atoms with E-state index < -0.39 is 17.7 Å². The van der Waals surface area contributed by atoms with Crippen molar-refractivity contribution in [2.45, 2.75) is 64.1 Å². The predicted molar refractivity (Wildman–Crippen MR) is 167 cm³/mol. The van der Waals surface area contributed by atoms with Crippen LogP contribution in [-0.4, -0.2) is 25.8 Å². The number of ether oxygens (including phenoxy) is 1. The maximum atomic E-state index is 13.8. The summed E-state index contributed by atoms with van der Waals surface area (Å²) in [6.07, 6.45) is 0.824. The van der Waals surface area contributed by atoms with Crippen LogP contribution in [0.1, 0.15) is 84.8 Å². The number of Topliss-reactive ketones (excluding diaryl/α,β-unsaturated/α-hetero) is 1. The van der Waals surface area contributed by atoms with Crippen LogP contribution in [0.5, 0.6) is 5.75 Å². The number of hydrogen-bond donors (Lipinski definition) is 1. The van der Waals surface area contributed by atoms with Gasteiger partial charge in [-0.25, -0.2) is 0 Å². The van der Waals surface area contributed by atoms with Gasteiger partial charge in [-0.3, -0.25) is 0 Å². The van der Waals surface area contributed by atoms with Crippen molar-refractivity contribution in [2.75, 3.05) is 0 Å². The van der Waals surface area contributed by atoms with Crippen LogP contribution in [0.25, 0.3) is 0 Å². The summed E-state index contributed by atoms with van der Waals surface area (Å²) in [6, 6.07) is 24.0. The minimum atomic E-state index is -1.23. The monoisotopic (exact) mass is 644 g/mol. The first kappa shape index (κ1) is 30.7. The molecule has 1 atom stereocenters. The van der Waals surface area contributed by atoms with E-state index in [4.69, 9.17) is 4.74 Å². The first-order valence-electron chi connectivity index (χ1n) is 14.3. The third kappa shape index (κ3) is 6.92. The molecule has 43 heavy (non-hydrogen) atoms. The normalized spacial score (nSPS) is 15.5. The molecule has 1 unspecified atom stereocenters. The van der Waals surface area contributed by atoms with E-state index in [0.29, 0.717) is 16.7 Å². The number of aliphatic hydroxyl groups is 1. The van der Waals surface area contributed by atoms with Crippen molar-refractivity contribution in [3.8, 4) is 16.5 Å². The topological polar surface area (TPSA) is 46.5 Å². The molecule has 0 radical (unpaired) electrons. The van der Waals surface area contributed by atoms with Gasteiger partial charge in [-0.15, -0.1) is 0 Å². The number of aliphatic hydroxyl groups excluding tert-OH is 1. The summed E-state index contributed by atoms with van der Waals surface area (Å²) in [5.74, 6) is 1.88. The zero-order chi connectivity index (χ0) is 30.8. The molecule has 0 aromatic heterocycles. The molecule has 0 amide bonds. The summed E-state index contributed by atoms with van der Waals surface area (Å²) in [5, 5.41) is 10.6. The summed E-state index contributed by atoms with van der Waals surface area (Å²) in [4.78, 5) is 15.9. The van der Waals surface area contributed by atoms with Crippen molar-refractivity contribution in [1.29, 1.82) is 0 Å². The maximum absolute atomic E-state index is 13.8. The number of fused-ring (bicyclic) bond motifs is 1. The molecule has 0 bridgehead atoms. The molecule has 220 valence electrons. The Morgan fingerprint density at radius 1 is 0.907 bits per heavy atom. The fourth-order valence-electron chi connectivity index (χ4n) is 5.47. The number of carbonyl (C=O) groups excluding carboxylic acids is 1. The summed E-state index contributed by atoms with van der Waals surface area (Å²) in [7, 11) is 0. The van der Waals surface area contributed by atoms with E-state index in [9.17, 15) is 18.7 Å². The van der Waals surface area contributed by atoms with Crippen molar-refractivity contribution in [3.05, 3.63) is 130 Å². The molecule has 0 fully saturated rings. The third-order valence-corrected chi connectivity index (χ3v) is 9.55. The Hall–Kier alpha value is -3.75. The van der Waals surface area contributed by atoms with Gasteiger partial charge in [0.1, 0.15) is 0 Å². The molecule has 1 aliphatic carbocycles. The molecule has 4 aromatic carbocycles. The summed E-state index contributed by atoms with van der Waals surface area (Å²) >= 11 is -0.186. The van der Waals surface area contributed by atoms with Crippen LogP contribution in [0, 0.1) is 22.4 Å². The van der Waals surface area contributed by atoms with Gasteiger partial charge < -0.3 is 0 Å². The zero-order valence-corrected chi connectivity index (χ0v) is 26.4.